The summed E-state index contributed by atoms with van der Waals surface area (Å²) in [6.45, 7) is 0.735. The third-order valence-electron chi connectivity index (χ3n) is 2.82. The van der Waals surface area contributed by atoms with Gasteiger partial charge in [-0.15, -0.1) is 0 Å². The number of hydrogen-bond donors (Lipinski definition) is 2. The van der Waals surface area contributed by atoms with Gasteiger partial charge in [-0.1, -0.05) is 29.3 Å². The molecule has 0 saturated carbocycles. The molecular weight excluding hydrogens is 275 g/mol. The predicted molar refractivity (Wildman–Crippen MR) is 69.4 cm³/mol. The van der Waals surface area contributed by atoms with Gasteiger partial charge >= 0.3 is 0 Å². The molecule has 1 saturated heterocycles. The van der Waals surface area contributed by atoms with Crippen molar-refractivity contribution < 1.29 is 9.59 Å². The zero-order valence-corrected chi connectivity index (χ0v) is 11.0. The fourth-order valence-corrected chi connectivity index (χ4v) is 2.26. The van der Waals surface area contributed by atoms with E-state index in [1.165, 1.54) is 0 Å². The number of rotatable bonds is 3. The molecule has 0 spiro atoms. The number of benzene rings is 1. The maximum Gasteiger partial charge on any atom is 0.225 e. The lowest BCUT2D eigenvalue weighted by Gasteiger charge is -2.10. The summed E-state index contributed by atoms with van der Waals surface area (Å²) in [5.74, 6) is -0.511. The SMILES string of the molecule is O=C1CC(C(=O)NCc2ccc(Cl)cc2Cl)CN1. The summed E-state index contributed by atoms with van der Waals surface area (Å²) in [6.07, 6.45) is 0.250. The first-order valence-electron chi connectivity index (χ1n) is 5.54. The molecule has 1 aromatic rings. The van der Waals surface area contributed by atoms with Gasteiger partial charge in [-0.05, 0) is 17.7 Å². The van der Waals surface area contributed by atoms with Crippen LogP contribution in [0.4, 0.5) is 0 Å². The maximum atomic E-state index is 11.8. The first-order chi connectivity index (χ1) is 8.56. The molecule has 1 fully saturated rings. The molecule has 0 bridgehead atoms. The van der Waals surface area contributed by atoms with Gasteiger partial charge in [0.25, 0.3) is 0 Å². The lowest BCUT2D eigenvalue weighted by molar-refractivity contribution is -0.126. The minimum absolute atomic E-state index is 0.0836. The number of amides is 2. The van der Waals surface area contributed by atoms with Crippen LogP contribution in [0.1, 0.15) is 12.0 Å². The molecule has 0 radical (unpaired) electrons. The highest BCUT2D eigenvalue weighted by Gasteiger charge is 2.27. The molecule has 18 heavy (non-hydrogen) atoms. The monoisotopic (exact) mass is 286 g/mol. The van der Waals surface area contributed by atoms with Gasteiger partial charge in [0.05, 0.1) is 5.92 Å². The Kier molecular flexibility index (Phi) is 4.09. The molecule has 2 N–H and O–H groups in total. The second kappa shape index (κ2) is 5.59. The zero-order chi connectivity index (χ0) is 13.1. The van der Waals surface area contributed by atoms with Gasteiger partial charge in [0.15, 0.2) is 0 Å². The van der Waals surface area contributed by atoms with E-state index in [1.54, 1.807) is 18.2 Å². The number of nitrogens with one attached hydrogen (secondary N) is 2. The molecule has 1 aliphatic rings. The Morgan fingerprint density at radius 2 is 2.22 bits per heavy atom. The molecular formula is C12H12Cl2N2O2. The van der Waals surface area contributed by atoms with Crippen molar-refractivity contribution in [3.05, 3.63) is 33.8 Å². The minimum atomic E-state index is -0.288. The second-order valence-corrected chi connectivity index (χ2v) is 5.00. The normalized spacial score (nSPS) is 18.6. The lowest BCUT2D eigenvalue weighted by Crippen LogP contribution is -2.31. The quantitative estimate of drug-likeness (QED) is 0.889. The van der Waals surface area contributed by atoms with Crippen molar-refractivity contribution in [1.82, 2.24) is 10.6 Å². The highest BCUT2D eigenvalue weighted by molar-refractivity contribution is 6.35. The molecule has 1 aliphatic heterocycles. The molecule has 1 aromatic carbocycles. The van der Waals surface area contributed by atoms with E-state index in [2.05, 4.69) is 10.6 Å². The van der Waals surface area contributed by atoms with Crippen LogP contribution in [0, 0.1) is 5.92 Å². The van der Waals surface area contributed by atoms with Crippen molar-refractivity contribution in [1.29, 1.82) is 0 Å². The Bertz CT molecular complexity index is 491. The fraction of sp³-hybridized carbons (Fsp3) is 0.333. The van der Waals surface area contributed by atoms with E-state index in [-0.39, 0.29) is 24.2 Å². The van der Waals surface area contributed by atoms with Crippen molar-refractivity contribution >= 4 is 35.0 Å². The van der Waals surface area contributed by atoms with Gasteiger partial charge in [0, 0.05) is 29.6 Å². The van der Waals surface area contributed by atoms with E-state index in [0.717, 1.165) is 5.56 Å². The van der Waals surface area contributed by atoms with Crippen LogP contribution in [0.15, 0.2) is 18.2 Å². The van der Waals surface area contributed by atoms with Gasteiger partial charge in [0.2, 0.25) is 11.8 Å². The third-order valence-corrected chi connectivity index (χ3v) is 3.40. The summed E-state index contributed by atoms with van der Waals surface area (Å²) in [7, 11) is 0. The molecule has 1 heterocycles. The van der Waals surface area contributed by atoms with Gasteiger partial charge in [-0.25, -0.2) is 0 Å². The standard InChI is InChI=1S/C12H12Cl2N2O2/c13-9-2-1-7(10(14)4-9)5-16-12(18)8-3-11(17)15-6-8/h1-2,4,8H,3,5-6H2,(H,15,17)(H,16,18). The van der Waals surface area contributed by atoms with Crippen molar-refractivity contribution in [2.45, 2.75) is 13.0 Å². The maximum absolute atomic E-state index is 11.8. The highest BCUT2D eigenvalue weighted by atomic mass is 35.5. The van der Waals surface area contributed by atoms with E-state index in [1.807, 2.05) is 0 Å². The number of carbonyl (C=O) groups is 2. The molecule has 1 atom stereocenters. The van der Waals surface area contributed by atoms with Crippen LogP contribution < -0.4 is 10.6 Å². The Labute approximate surface area is 115 Å². The van der Waals surface area contributed by atoms with Crippen molar-refractivity contribution in [3.8, 4) is 0 Å². The molecule has 1 unspecified atom stereocenters. The van der Waals surface area contributed by atoms with E-state index < -0.39 is 0 Å². The molecule has 96 valence electrons. The molecule has 0 aromatic heterocycles. The lowest BCUT2D eigenvalue weighted by atomic mass is 10.1. The van der Waals surface area contributed by atoms with Crippen LogP contribution >= 0.6 is 23.2 Å². The van der Waals surface area contributed by atoms with Crippen molar-refractivity contribution in [2.24, 2.45) is 5.92 Å². The number of carbonyl (C=O) groups excluding carboxylic acids is 2. The molecule has 4 nitrogen and oxygen atoms in total. The first kappa shape index (κ1) is 13.2. The average Bonchev–Trinajstić information content (AvgIpc) is 2.74. The molecule has 2 rings (SSSR count). The highest BCUT2D eigenvalue weighted by Crippen LogP contribution is 2.21. The van der Waals surface area contributed by atoms with E-state index >= 15 is 0 Å². The van der Waals surface area contributed by atoms with E-state index in [9.17, 15) is 9.59 Å². The summed E-state index contributed by atoms with van der Waals surface area (Å²) >= 11 is 11.8. The average molecular weight is 287 g/mol. The predicted octanol–water partition coefficient (Wildman–Crippen LogP) is 1.75. The first-order valence-corrected chi connectivity index (χ1v) is 6.30. The summed E-state index contributed by atoms with van der Waals surface area (Å²) in [5, 5.41) is 6.46. The summed E-state index contributed by atoms with van der Waals surface area (Å²) in [6, 6.07) is 5.11. The largest absolute Gasteiger partial charge is 0.355 e. The Morgan fingerprint density at radius 1 is 1.44 bits per heavy atom. The minimum Gasteiger partial charge on any atom is -0.355 e. The van der Waals surface area contributed by atoms with Gasteiger partial charge in [0.1, 0.15) is 0 Å². The topological polar surface area (TPSA) is 58.2 Å². The Hall–Kier alpha value is -1.26. The molecule has 0 aliphatic carbocycles. The van der Waals surface area contributed by atoms with Crippen molar-refractivity contribution in [3.63, 3.8) is 0 Å². The van der Waals surface area contributed by atoms with Crippen LogP contribution in [0.2, 0.25) is 10.0 Å². The van der Waals surface area contributed by atoms with Crippen LogP contribution in [0.5, 0.6) is 0 Å². The fourth-order valence-electron chi connectivity index (χ4n) is 1.78. The zero-order valence-electron chi connectivity index (χ0n) is 9.50. The smallest absolute Gasteiger partial charge is 0.225 e. The van der Waals surface area contributed by atoms with E-state index in [0.29, 0.717) is 23.1 Å². The van der Waals surface area contributed by atoms with Gasteiger partial charge in [-0.3, -0.25) is 9.59 Å². The Balaban J connectivity index is 1.91. The van der Waals surface area contributed by atoms with Gasteiger partial charge < -0.3 is 10.6 Å². The van der Waals surface area contributed by atoms with Gasteiger partial charge in [-0.2, -0.15) is 0 Å². The molecule has 6 heteroatoms. The van der Waals surface area contributed by atoms with Crippen molar-refractivity contribution in [2.75, 3.05) is 6.54 Å². The van der Waals surface area contributed by atoms with Crippen LogP contribution in [0.25, 0.3) is 0 Å². The van der Waals surface area contributed by atoms with Crippen LogP contribution in [-0.2, 0) is 16.1 Å². The van der Waals surface area contributed by atoms with Crippen LogP contribution in [-0.4, -0.2) is 18.4 Å². The molecule has 2 amide bonds. The van der Waals surface area contributed by atoms with E-state index in [4.69, 9.17) is 23.2 Å². The number of hydrogen-bond acceptors (Lipinski definition) is 2. The Morgan fingerprint density at radius 3 is 2.83 bits per heavy atom. The third kappa shape index (κ3) is 3.15. The second-order valence-electron chi connectivity index (χ2n) is 4.16. The number of halogens is 2. The summed E-state index contributed by atoms with van der Waals surface area (Å²) in [4.78, 5) is 22.8. The summed E-state index contributed by atoms with van der Waals surface area (Å²) in [5.41, 5.74) is 0.798. The van der Waals surface area contributed by atoms with Crippen LogP contribution in [0.3, 0.4) is 0 Å². The summed E-state index contributed by atoms with van der Waals surface area (Å²) < 4.78 is 0.